The molecule has 1 aliphatic rings. The van der Waals surface area contributed by atoms with E-state index in [9.17, 15) is 9.59 Å². The highest BCUT2D eigenvalue weighted by molar-refractivity contribution is 6.42. The highest BCUT2D eigenvalue weighted by atomic mass is 35.5. The van der Waals surface area contributed by atoms with Gasteiger partial charge < -0.3 is 19.5 Å². The molecule has 0 bridgehead atoms. The molecular formula is C14H14Cl3NO5. The summed E-state index contributed by atoms with van der Waals surface area (Å²) in [5, 5.41) is 3.20. The van der Waals surface area contributed by atoms with Gasteiger partial charge in [-0.3, -0.25) is 4.79 Å². The second kappa shape index (κ2) is 8.17. The zero-order valence-corrected chi connectivity index (χ0v) is 14.4. The van der Waals surface area contributed by atoms with E-state index in [1.807, 2.05) is 0 Å². The Labute approximate surface area is 147 Å². The van der Waals surface area contributed by atoms with Crippen molar-refractivity contribution in [2.75, 3.05) is 25.1 Å². The second-order valence-electron chi connectivity index (χ2n) is 4.75. The van der Waals surface area contributed by atoms with Gasteiger partial charge in [0.2, 0.25) is 0 Å². The number of rotatable bonds is 4. The van der Waals surface area contributed by atoms with Crippen molar-refractivity contribution in [2.45, 2.75) is 19.1 Å². The number of nitrogens with one attached hydrogen (secondary N) is 1. The van der Waals surface area contributed by atoms with Crippen LogP contribution in [0.5, 0.6) is 0 Å². The molecule has 1 aliphatic heterocycles. The molecule has 6 nitrogen and oxygen atoms in total. The standard InChI is InChI=1S/C14H14Cl3NO5/c1-7(23-14(20)11-6-21-2-3-22-11)13(19)18-12-9(16)4-8(15)5-10(12)17/h4-5,7,11H,2-3,6H2,1H3,(H,18,19). The van der Waals surface area contributed by atoms with E-state index in [0.29, 0.717) is 18.2 Å². The summed E-state index contributed by atoms with van der Waals surface area (Å²) in [5.74, 6) is -1.25. The minimum atomic E-state index is -1.06. The first-order valence-corrected chi connectivity index (χ1v) is 7.87. The number of halogens is 3. The fourth-order valence-corrected chi connectivity index (χ4v) is 2.73. The van der Waals surface area contributed by atoms with Gasteiger partial charge in [-0.05, 0) is 19.1 Å². The molecule has 1 N–H and O–H groups in total. The van der Waals surface area contributed by atoms with E-state index in [1.54, 1.807) is 0 Å². The number of ether oxygens (including phenoxy) is 3. The van der Waals surface area contributed by atoms with E-state index < -0.39 is 24.1 Å². The van der Waals surface area contributed by atoms with E-state index in [-0.39, 0.29) is 22.3 Å². The lowest BCUT2D eigenvalue weighted by Gasteiger charge is -2.23. The normalized spacial score (nSPS) is 19.0. The molecule has 2 unspecified atom stereocenters. The van der Waals surface area contributed by atoms with Crippen molar-refractivity contribution in [1.82, 2.24) is 0 Å². The van der Waals surface area contributed by atoms with E-state index in [1.165, 1.54) is 19.1 Å². The largest absolute Gasteiger partial charge is 0.451 e. The van der Waals surface area contributed by atoms with Gasteiger partial charge in [-0.15, -0.1) is 0 Å². The average molecular weight is 383 g/mol. The predicted octanol–water partition coefficient (Wildman–Crippen LogP) is 2.93. The molecule has 9 heteroatoms. The van der Waals surface area contributed by atoms with Crippen molar-refractivity contribution in [3.63, 3.8) is 0 Å². The van der Waals surface area contributed by atoms with Crippen LogP contribution in [0.15, 0.2) is 12.1 Å². The Morgan fingerprint density at radius 3 is 2.48 bits per heavy atom. The van der Waals surface area contributed by atoms with Gasteiger partial charge in [-0.1, -0.05) is 34.8 Å². The molecule has 1 heterocycles. The number of hydrogen-bond acceptors (Lipinski definition) is 5. The van der Waals surface area contributed by atoms with Crippen molar-refractivity contribution >= 4 is 52.4 Å². The summed E-state index contributed by atoms with van der Waals surface area (Å²) in [6, 6.07) is 2.88. The Morgan fingerprint density at radius 1 is 1.26 bits per heavy atom. The van der Waals surface area contributed by atoms with Crippen LogP contribution in [0.1, 0.15) is 6.92 Å². The van der Waals surface area contributed by atoms with Crippen LogP contribution in [0.2, 0.25) is 15.1 Å². The third-order valence-electron chi connectivity index (χ3n) is 3.00. The van der Waals surface area contributed by atoms with Crippen LogP contribution in [-0.4, -0.2) is 43.9 Å². The number of benzene rings is 1. The molecule has 1 saturated heterocycles. The van der Waals surface area contributed by atoms with E-state index >= 15 is 0 Å². The van der Waals surface area contributed by atoms with Crippen LogP contribution in [0, 0.1) is 0 Å². The summed E-state index contributed by atoms with van der Waals surface area (Å²) in [4.78, 5) is 24.0. The van der Waals surface area contributed by atoms with Crippen LogP contribution < -0.4 is 5.32 Å². The van der Waals surface area contributed by atoms with Crippen LogP contribution in [-0.2, 0) is 23.8 Å². The first-order chi connectivity index (χ1) is 10.9. The van der Waals surface area contributed by atoms with E-state index in [4.69, 9.17) is 49.0 Å². The van der Waals surface area contributed by atoms with Gasteiger partial charge in [0.05, 0.1) is 35.6 Å². The first-order valence-electron chi connectivity index (χ1n) is 6.73. The van der Waals surface area contributed by atoms with Crippen molar-refractivity contribution < 1.29 is 23.8 Å². The predicted molar refractivity (Wildman–Crippen MR) is 86.2 cm³/mol. The van der Waals surface area contributed by atoms with Crippen LogP contribution in [0.3, 0.4) is 0 Å². The van der Waals surface area contributed by atoms with Gasteiger partial charge in [-0.2, -0.15) is 0 Å². The Morgan fingerprint density at radius 2 is 1.91 bits per heavy atom. The fourth-order valence-electron chi connectivity index (χ4n) is 1.81. The minimum Gasteiger partial charge on any atom is -0.451 e. The molecule has 2 rings (SSSR count). The summed E-state index contributed by atoms with van der Waals surface area (Å²) >= 11 is 17.8. The molecular weight excluding hydrogens is 369 g/mol. The molecule has 126 valence electrons. The maximum Gasteiger partial charge on any atom is 0.338 e. The smallest absolute Gasteiger partial charge is 0.338 e. The number of carbonyl (C=O) groups excluding carboxylic acids is 2. The lowest BCUT2D eigenvalue weighted by molar-refractivity contribution is -0.176. The van der Waals surface area contributed by atoms with E-state index in [0.717, 1.165) is 0 Å². The van der Waals surface area contributed by atoms with E-state index in [2.05, 4.69) is 5.32 Å². The molecule has 0 spiro atoms. The number of amides is 1. The molecule has 23 heavy (non-hydrogen) atoms. The van der Waals surface area contributed by atoms with Crippen LogP contribution in [0.4, 0.5) is 5.69 Å². The van der Waals surface area contributed by atoms with Gasteiger partial charge >= 0.3 is 5.97 Å². The first kappa shape index (κ1) is 18.3. The molecule has 1 amide bonds. The van der Waals surface area contributed by atoms with Crippen molar-refractivity contribution in [2.24, 2.45) is 0 Å². The summed E-state index contributed by atoms with van der Waals surface area (Å²) in [6.07, 6.45) is -1.89. The zero-order valence-electron chi connectivity index (χ0n) is 12.1. The lowest BCUT2D eigenvalue weighted by atomic mass is 10.3. The zero-order chi connectivity index (χ0) is 17.0. The van der Waals surface area contributed by atoms with Crippen molar-refractivity contribution in [1.29, 1.82) is 0 Å². The monoisotopic (exact) mass is 381 g/mol. The SMILES string of the molecule is CC(OC(=O)C1COCCO1)C(=O)Nc1c(Cl)cc(Cl)cc1Cl. The van der Waals surface area contributed by atoms with Crippen molar-refractivity contribution in [3.8, 4) is 0 Å². The third-order valence-corrected chi connectivity index (χ3v) is 3.81. The summed E-state index contributed by atoms with van der Waals surface area (Å²) in [5.41, 5.74) is 0.197. The Kier molecular flexibility index (Phi) is 6.50. The fraction of sp³-hybridized carbons (Fsp3) is 0.429. The summed E-state index contributed by atoms with van der Waals surface area (Å²) in [7, 11) is 0. The molecule has 1 aromatic rings. The molecule has 2 atom stereocenters. The molecule has 0 radical (unpaired) electrons. The third kappa shape index (κ3) is 4.96. The average Bonchev–Trinajstić information content (AvgIpc) is 2.51. The minimum absolute atomic E-state index is 0.0992. The molecule has 0 saturated carbocycles. The number of anilines is 1. The molecule has 0 aliphatic carbocycles. The number of hydrogen-bond donors (Lipinski definition) is 1. The van der Waals surface area contributed by atoms with Crippen LogP contribution >= 0.6 is 34.8 Å². The lowest BCUT2D eigenvalue weighted by Crippen LogP contribution is -2.40. The maximum atomic E-state index is 12.1. The second-order valence-corrected chi connectivity index (χ2v) is 6.00. The molecule has 1 aromatic carbocycles. The number of carbonyl (C=O) groups is 2. The van der Waals surface area contributed by atoms with Gasteiger partial charge in [0.25, 0.3) is 5.91 Å². The highest BCUT2D eigenvalue weighted by Gasteiger charge is 2.28. The summed E-state index contributed by atoms with van der Waals surface area (Å²) < 4.78 is 15.4. The van der Waals surface area contributed by atoms with Crippen LogP contribution in [0.25, 0.3) is 0 Å². The maximum absolute atomic E-state index is 12.1. The Bertz CT molecular complexity index is 581. The number of esters is 1. The quantitative estimate of drug-likeness (QED) is 0.811. The van der Waals surface area contributed by atoms with Crippen molar-refractivity contribution in [3.05, 3.63) is 27.2 Å². The summed E-state index contributed by atoms with van der Waals surface area (Å²) in [6.45, 7) is 2.25. The Balaban J connectivity index is 1.96. The highest BCUT2D eigenvalue weighted by Crippen LogP contribution is 2.33. The van der Waals surface area contributed by atoms with Gasteiger partial charge in [0, 0.05) is 5.02 Å². The van der Waals surface area contributed by atoms with Gasteiger partial charge in [-0.25, -0.2) is 4.79 Å². The molecule has 1 fully saturated rings. The van der Waals surface area contributed by atoms with Gasteiger partial charge in [0.15, 0.2) is 12.2 Å². The topological polar surface area (TPSA) is 73.9 Å². The van der Waals surface area contributed by atoms with Gasteiger partial charge in [0.1, 0.15) is 0 Å². The molecule has 0 aromatic heterocycles. The Hall–Kier alpha value is -1.05.